The Morgan fingerprint density at radius 1 is 1.24 bits per heavy atom. The van der Waals surface area contributed by atoms with Crippen LogP contribution in [-0.2, 0) is 23.3 Å². The maximum atomic E-state index is 11.7. The second-order valence-corrected chi connectivity index (χ2v) is 7.87. The first-order valence-corrected chi connectivity index (χ1v) is 9.50. The van der Waals surface area contributed by atoms with Gasteiger partial charge in [0.1, 0.15) is 11.5 Å². The number of likely N-dealkylation sites (N-methyl/N-ethyl adjacent to an activating group) is 1. The molecule has 0 bridgehead atoms. The number of nitrogens with one attached hydrogen (secondary N) is 2. The Morgan fingerprint density at radius 3 is 2.59 bits per heavy atom. The van der Waals surface area contributed by atoms with Crippen molar-refractivity contribution in [1.29, 1.82) is 0 Å². The molecule has 0 aliphatic rings. The quantitative estimate of drug-likeness (QED) is 0.546. The molecule has 1 heterocycles. The van der Waals surface area contributed by atoms with E-state index < -0.39 is 0 Å². The Kier molecular flexibility index (Phi) is 7.64. The van der Waals surface area contributed by atoms with Gasteiger partial charge in [0.25, 0.3) is 5.91 Å². The summed E-state index contributed by atoms with van der Waals surface area (Å²) in [6.45, 7) is 7.25. The molecule has 2 N–H and O–H groups in total. The number of carbonyl (C=O) groups excluding carboxylic acids is 1. The van der Waals surface area contributed by atoms with Crippen LogP contribution in [0.4, 0.5) is 0 Å². The summed E-state index contributed by atoms with van der Waals surface area (Å²) >= 11 is 0. The van der Waals surface area contributed by atoms with E-state index in [1.165, 1.54) is 4.90 Å². The first-order chi connectivity index (χ1) is 13.7. The van der Waals surface area contributed by atoms with Gasteiger partial charge in [-0.2, -0.15) is 0 Å². The van der Waals surface area contributed by atoms with Gasteiger partial charge in [-0.1, -0.05) is 32.9 Å². The Hall–Kier alpha value is -3.03. The molecule has 0 spiro atoms. The molecule has 158 valence electrons. The minimum atomic E-state index is -0.0840. The molecule has 29 heavy (non-hydrogen) atoms. The molecule has 0 unspecified atom stereocenters. The number of guanidine groups is 1. The third-order valence-electron chi connectivity index (χ3n) is 4.14. The van der Waals surface area contributed by atoms with Gasteiger partial charge in [-0.15, -0.1) is 0 Å². The molecule has 0 radical (unpaired) electrons. The van der Waals surface area contributed by atoms with Crippen LogP contribution >= 0.6 is 0 Å². The van der Waals surface area contributed by atoms with E-state index >= 15 is 0 Å². The van der Waals surface area contributed by atoms with E-state index in [1.54, 1.807) is 27.3 Å². The lowest BCUT2D eigenvalue weighted by molar-refractivity contribution is -0.130. The molecule has 0 atom stereocenters. The Morgan fingerprint density at radius 2 is 1.97 bits per heavy atom. The van der Waals surface area contributed by atoms with E-state index in [-0.39, 0.29) is 17.9 Å². The van der Waals surface area contributed by atoms with Gasteiger partial charge >= 0.3 is 0 Å². The molecule has 0 saturated heterocycles. The number of ether oxygens (including phenoxy) is 1. The number of carbonyl (C=O) groups is 1. The zero-order chi connectivity index (χ0) is 21.4. The maximum Gasteiger partial charge on any atom is 0.259 e. The fourth-order valence-electron chi connectivity index (χ4n) is 2.32. The number of oxazole rings is 1. The lowest BCUT2D eigenvalue weighted by Crippen LogP contribution is -2.36. The fourth-order valence-corrected chi connectivity index (χ4v) is 2.32. The summed E-state index contributed by atoms with van der Waals surface area (Å²) in [7, 11) is 5.11. The van der Waals surface area contributed by atoms with Gasteiger partial charge < -0.3 is 24.7 Å². The number of aromatic nitrogens is 1. The number of benzene rings is 1. The van der Waals surface area contributed by atoms with Crippen LogP contribution in [0.1, 0.15) is 38.0 Å². The predicted molar refractivity (Wildman–Crippen MR) is 113 cm³/mol. The van der Waals surface area contributed by atoms with Crippen molar-refractivity contribution in [1.82, 2.24) is 20.5 Å². The van der Waals surface area contributed by atoms with Crippen molar-refractivity contribution >= 4 is 11.9 Å². The number of amides is 1. The summed E-state index contributed by atoms with van der Waals surface area (Å²) < 4.78 is 11.3. The van der Waals surface area contributed by atoms with Crippen LogP contribution in [0.3, 0.4) is 0 Å². The van der Waals surface area contributed by atoms with Crippen molar-refractivity contribution in [2.24, 2.45) is 4.99 Å². The summed E-state index contributed by atoms with van der Waals surface area (Å²) in [5.41, 5.74) is 0.934. The van der Waals surface area contributed by atoms with Crippen molar-refractivity contribution in [3.63, 3.8) is 0 Å². The first kappa shape index (κ1) is 22.3. The smallest absolute Gasteiger partial charge is 0.259 e. The normalized spacial score (nSPS) is 11.9. The molecular weight excluding hydrogens is 370 g/mol. The Labute approximate surface area is 172 Å². The highest BCUT2D eigenvalue weighted by Crippen LogP contribution is 2.22. The third-order valence-corrected chi connectivity index (χ3v) is 4.14. The van der Waals surface area contributed by atoms with Crippen molar-refractivity contribution in [2.45, 2.75) is 39.3 Å². The van der Waals surface area contributed by atoms with Crippen LogP contribution in [0.2, 0.25) is 0 Å². The van der Waals surface area contributed by atoms with Crippen LogP contribution in [0.15, 0.2) is 39.9 Å². The second-order valence-electron chi connectivity index (χ2n) is 7.87. The molecule has 1 aromatic heterocycles. The molecule has 8 heteroatoms. The molecule has 2 rings (SSSR count). The standard InChI is InChI=1S/C21H31N5O3/c1-21(2,3)17-12-23-18(29-17)13-25-20(22-4)24-11-15-8-7-9-16(10-15)28-14-19(27)26(5)6/h7-10,12H,11,13-14H2,1-6H3,(H2,22,24,25). The van der Waals surface area contributed by atoms with Crippen molar-refractivity contribution < 1.29 is 13.9 Å². The number of aliphatic imine (C=N–C) groups is 1. The van der Waals surface area contributed by atoms with Gasteiger partial charge in [-0.3, -0.25) is 9.79 Å². The predicted octanol–water partition coefficient (Wildman–Crippen LogP) is 2.30. The zero-order valence-electron chi connectivity index (χ0n) is 18.1. The topological polar surface area (TPSA) is 92.0 Å². The lowest BCUT2D eigenvalue weighted by atomic mass is 9.94. The summed E-state index contributed by atoms with van der Waals surface area (Å²) in [4.78, 5) is 21.7. The van der Waals surface area contributed by atoms with Gasteiger partial charge in [0.15, 0.2) is 12.6 Å². The van der Waals surface area contributed by atoms with Crippen LogP contribution < -0.4 is 15.4 Å². The van der Waals surface area contributed by atoms with Gasteiger partial charge in [0, 0.05) is 33.1 Å². The van der Waals surface area contributed by atoms with E-state index in [0.29, 0.717) is 30.7 Å². The highest BCUT2D eigenvalue weighted by atomic mass is 16.5. The van der Waals surface area contributed by atoms with Crippen molar-refractivity contribution in [2.75, 3.05) is 27.7 Å². The largest absolute Gasteiger partial charge is 0.484 e. The summed E-state index contributed by atoms with van der Waals surface area (Å²) in [5.74, 6) is 2.66. The van der Waals surface area contributed by atoms with Gasteiger partial charge in [-0.25, -0.2) is 4.98 Å². The molecule has 0 saturated carbocycles. The van der Waals surface area contributed by atoms with Gasteiger partial charge in [-0.05, 0) is 17.7 Å². The minimum absolute atomic E-state index is 0.0137. The van der Waals surface area contributed by atoms with Crippen molar-refractivity contribution in [3.05, 3.63) is 47.7 Å². The number of rotatable bonds is 7. The number of nitrogens with zero attached hydrogens (tertiary/aromatic N) is 3. The molecule has 0 aliphatic heterocycles. The molecule has 0 aliphatic carbocycles. The Balaban J connectivity index is 1.85. The maximum absolute atomic E-state index is 11.7. The molecule has 2 aromatic rings. The highest BCUT2D eigenvalue weighted by Gasteiger charge is 2.19. The van der Waals surface area contributed by atoms with Gasteiger partial charge in [0.05, 0.1) is 12.7 Å². The van der Waals surface area contributed by atoms with E-state index in [0.717, 1.165) is 11.3 Å². The van der Waals surface area contributed by atoms with E-state index in [4.69, 9.17) is 9.15 Å². The molecular formula is C21H31N5O3. The fraction of sp³-hybridized carbons (Fsp3) is 0.476. The molecule has 8 nitrogen and oxygen atoms in total. The molecule has 1 amide bonds. The summed E-state index contributed by atoms with van der Waals surface area (Å²) in [6, 6.07) is 7.59. The average Bonchev–Trinajstić information content (AvgIpc) is 3.16. The molecule has 0 fully saturated rings. The monoisotopic (exact) mass is 401 g/mol. The first-order valence-electron chi connectivity index (χ1n) is 9.50. The minimum Gasteiger partial charge on any atom is -0.484 e. The van der Waals surface area contributed by atoms with Crippen LogP contribution in [0, 0.1) is 0 Å². The number of hydrogen-bond acceptors (Lipinski definition) is 5. The molecule has 1 aromatic carbocycles. The van der Waals surface area contributed by atoms with E-state index in [2.05, 4.69) is 41.4 Å². The van der Waals surface area contributed by atoms with E-state index in [1.807, 2.05) is 24.3 Å². The highest BCUT2D eigenvalue weighted by molar-refractivity contribution is 5.79. The zero-order valence-corrected chi connectivity index (χ0v) is 18.1. The summed E-state index contributed by atoms with van der Waals surface area (Å²) in [5, 5.41) is 6.43. The van der Waals surface area contributed by atoms with Crippen LogP contribution in [-0.4, -0.2) is 49.5 Å². The number of hydrogen-bond donors (Lipinski definition) is 2. The van der Waals surface area contributed by atoms with Gasteiger partial charge in [0.2, 0.25) is 5.89 Å². The van der Waals surface area contributed by atoms with Crippen molar-refractivity contribution in [3.8, 4) is 5.75 Å². The SMILES string of the molecule is CN=C(NCc1cccc(OCC(=O)N(C)C)c1)NCc1ncc(C(C)(C)C)o1. The lowest BCUT2D eigenvalue weighted by Gasteiger charge is -2.14. The second kappa shape index (κ2) is 9.95. The Bertz CT molecular complexity index is 837. The van der Waals surface area contributed by atoms with Crippen LogP contribution in [0.5, 0.6) is 5.75 Å². The van der Waals surface area contributed by atoms with Crippen LogP contribution in [0.25, 0.3) is 0 Å². The van der Waals surface area contributed by atoms with E-state index in [9.17, 15) is 4.79 Å². The summed E-state index contributed by atoms with van der Waals surface area (Å²) in [6.07, 6.45) is 1.76. The average molecular weight is 402 g/mol. The third kappa shape index (κ3) is 7.14.